The summed E-state index contributed by atoms with van der Waals surface area (Å²) >= 11 is 6.20. The van der Waals surface area contributed by atoms with Gasteiger partial charge >= 0.3 is 5.97 Å². The third-order valence-corrected chi connectivity index (χ3v) is 3.75. The number of carbonyl (C=O) groups is 1. The normalized spacial score (nSPS) is 10.4. The van der Waals surface area contributed by atoms with E-state index in [1.807, 2.05) is 19.1 Å². The maximum Gasteiger partial charge on any atom is 0.339 e. The quantitative estimate of drug-likeness (QED) is 0.792. The summed E-state index contributed by atoms with van der Waals surface area (Å²) in [6.45, 7) is 5.80. The van der Waals surface area contributed by atoms with Crippen molar-refractivity contribution in [3.05, 3.63) is 46.1 Å². The second kappa shape index (κ2) is 6.79. The Morgan fingerprint density at radius 1 is 1.27 bits per heavy atom. The van der Waals surface area contributed by atoms with Crippen molar-refractivity contribution in [2.75, 3.05) is 13.7 Å². The topological polar surface area (TPSA) is 48.4 Å². The first-order valence-corrected chi connectivity index (χ1v) is 7.35. The number of aryl methyl sites for hydroxylation is 2. The van der Waals surface area contributed by atoms with Crippen LogP contribution < -0.4 is 4.74 Å². The molecule has 0 spiro atoms. The molecule has 0 saturated carbocycles. The summed E-state index contributed by atoms with van der Waals surface area (Å²) in [6.07, 6.45) is 0. The average Bonchev–Trinajstić information content (AvgIpc) is 2.49. The van der Waals surface area contributed by atoms with Crippen LogP contribution in [0.1, 0.15) is 28.5 Å². The molecule has 2 rings (SSSR count). The molecule has 0 radical (unpaired) electrons. The van der Waals surface area contributed by atoms with Gasteiger partial charge in [-0.25, -0.2) is 4.79 Å². The van der Waals surface area contributed by atoms with Crippen LogP contribution in [0, 0.1) is 13.8 Å². The Morgan fingerprint density at radius 2 is 2.00 bits per heavy atom. The number of pyridine rings is 1. The third-order valence-electron chi connectivity index (χ3n) is 3.34. The number of ether oxygens (including phenoxy) is 2. The number of aromatic nitrogens is 1. The number of methoxy groups -OCH3 is 1. The van der Waals surface area contributed by atoms with Crippen molar-refractivity contribution in [2.45, 2.75) is 20.8 Å². The summed E-state index contributed by atoms with van der Waals surface area (Å²) in [5.41, 5.74) is 3.49. The van der Waals surface area contributed by atoms with E-state index in [4.69, 9.17) is 21.1 Å². The van der Waals surface area contributed by atoms with E-state index in [9.17, 15) is 4.79 Å². The van der Waals surface area contributed by atoms with Crippen LogP contribution in [-0.4, -0.2) is 24.7 Å². The maximum absolute atomic E-state index is 11.8. The van der Waals surface area contributed by atoms with E-state index in [2.05, 4.69) is 4.98 Å². The monoisotopic (exact) mass is 319 g/mol. The highest BCUT2D eigenvalue weighted by molar-refractivity contribution is 6.31. The Bertz CT molecular complexity index is 713. The van der Waals surface area contributed by atoms with Gasteiger partial charge in [-0.2, -0.15) is 0 Å². The lowest BCUT2D eigenvalue weighted by Gasteiger charge is -2.12. The first-order valence-electron chi connectivity index (χ1n) is 6.97. The molecule has 5 heteroatoms. The van der Waals surface area contributed by atoms with Crippen LogP contribution in [-0.2, 0) is 4.74 Å². The third kappa shape index (κ3) is 3.22. The molecule has 1 heterocycles. The van der Waals surface area contributed by atoms with Crippen LogP contribution in [0.4, 0.5) is 0 Å². The van der Waals surface area contributed by atoms with Gasteiger partial charge in [-0.1, -0.05) is 11.6 Å². The van der Waals surface area contributed by atoms with E-state index in [0.717, 1.165) is 11.1 Å². The summed E-state index contributed by atoms with van der Waals surface area (Å²) in [6, 6.07) is 7.17. The van der Waals surface area contributed by atoms with Gasteiger partial charge in [0.05, 0.1) is 30.7 Å². The Balaban J connectivity index is 2.49. The second-order valence-electron chi connectivity index (χ2n) is 4.85. The van der Waals surface area contributed by atoms with Gasteiger partial charge in [-0.3, -0.25) is 4.98 Å². The highest BCUT2D eigenvalue weighted by atomic mass is 35.5. The number of carbonyl (C=O) groups excluding carboxylic acids is 1. The van der Waals surface area contributed by atoms with Gasteiger partial charge in [-0.05, 0) is 50.6 Å². The molecule has 0 bridgehead atoms. The van der Waals surface area contributed by atoms with E-state index < -0.39 is 0 Å². The zero-order valence-electron chi connectivity index (χ0n) is 13.1. The molecule has 0 atom stereocenters. The first kappa shape index (κ1) is 16.3. The molecule has 0 saturated heterocycles. The Labute approximate surface area is 135 Å². The molecule has 0 amide bonds. The molecule has 1 aromatic carbocycles. The molecule has 0 fully saturated rings. The SMILES string of the molecule is CCOC(=O)c1ccc(-c2cc(Cl)c(C)cc2OC)nc1C. The predicted molar refractivity (Wildman–Crippen MR) is 86.7 cm³/mol. The lowest BCUT2D eigenvalue weighted by Crippen LogP contribution is -2.08. The largest absolute Gasteiger partial charge is 0.496 e. The molecule has 0 aliphatic heterocycles. The summed E-state index contributed by atoms with van der Waals surface area (Å²) in [5.74, 6) is 0.325. The summed E-state index contributed by atoms with van der Waals surface area (Å²) in [5, 5.41) is 0.643. The fraction of sp³-hybridized carbons (Fsp3) is 0.294. The van der Waals surface area contributed by atoms with Crippen molar-refractivity contribution in [1.82, 2.24) is 4.98 Å². The molecular formula is C17H18ClNO3. The van der Waals surface area contributed by atoms with Gasteiger partial charge in [0.2, 0.25) is 0 Å². The van der Waals surface area contributed by atoms with Crippen molar-refractivity contribution in [1.29, 1.82) is 0 Å². The van der Waals surface area contributed by atoms with Crippen molar-refractivity contribution in [3.63, 3.8) is 0 Å². The number of halogens is 1. The molecule has 0 aliphatic carbocycles. The molecule has 22 heavy (non-hydrogen) atoms. The molecule has 116 valence electrons. The van der Waals surface area contributed by atoms with Crippen molar-refractivity contribution < 1.29 is 14.3 Å². The smallest absolute Gasteiger partial charge is 0.339 e. The summed E-state index contributed by atoms with van der Waals surface area (Å²) < 4.78 is 10.4. The van der Waals surface area contributed by atoms with Crippen LogP contribution in [0.25, 0.3) is 11.3 Å². The molecule has 2 aromatic rings. The van der Waals surface area contributed by atoms with E-state index in [1.165, 1.54) is 0 Å². The van der Waals surface area contributed by atoms with Crippen LogP contribution in [0.3, 0.4) is 0 Å². The van der Waals surface area contributed by atoms with E-state index in [1.54, 1.807) is 33.1 Å². The fourth-order valence-electron chi connectivity index (χ4n) is 2.16. The standard InChI is InChI=1S/C17H18ClNO3/c1-5-22-17(20)12-6-7-15(19-11(12)3)13-9-14(18)10(2)8-16(13)21-4/h6-9H,5H2,1-4H3. The Morgan fingerprint density at radius 3 is 2.59 bits per heavy atom. The van der Waals surface area contributed by atoms with E-state index in [0.29, 0.717) is 34.3 Å². The van der Waals surface area contributed by atoms with Crippen LogP contribution in [0.5, 0.6) is 5.75 Å². The van der Waals surface area contributed by atoms with Crippen molar-refractivity contribution in [3.8, 4) is 17.0 Å². The Hall–Kier alpha value is -2.07. The molecular weight excluding hydrogens is 302 g/mol. The molecule has 0 unspecified atom stereocenters. The number of hydrogen-bond acceptors (Lipinski definition) is 4. The highest BCUT2D eigenvalue weighted by Crippen LogP contribution is 2.34. The van der Waals surface area contributed by atoms with Crippen LogP contribution in [0.2, 0.25) is 5.02 Å². The van der Waals surface area contributed by atoms with Crippen LogP contribution in [0.15, 0.2) is 24.3 Å². The maximum atomic E-state index is 11.8. The fourth-order valence-corrected chi connectivity index (χ4v) is 2.32. The second-order valence-corrected chi connectivity index (χ2v) is 5.26. The predicted octanol–water partition coefficient (Wildman–Crippen LogP) is 4.20. The lowest BCUT2D eigenvalue weighted by atomic mass is 10.1. The zero-order chi connectivity index (χ0) is 16.3. The minimum atomic E-state index is -0.368. The van der Waals surface area contributed by atoms with Gasteiger partial charge in [0.15, 0.2) is 0 Å². The van der Waals surface area contributed by atoms with Crippen molar-refractivity contribution in [2.24, 2.45) is 0 Å². The zero-order valence-corrected chi connectivity index (χ0v) is 13.8. The average molecular weight is 320 g/mol. The lowest BCUT2D eigenvalue weighted by molar-refractivity contribution is 0.0525. The molecule has 0 N–H and O–H groups in total. The van der Waals surface area contributed by atoms with Crippen molar-refractivity contribution >= 4 is 17.6 Å². The van der Waals surface area contributed by atoms with Gasteiger partial charge in [-0.15, -0.1) is 0 Å². The van der Waals surface area contributed by atoms with Gasteiger partial charge in [0.1, 0.15) is 5.75 Å². The number of hydrogen-bond donors (Lipinski definition) is 0. The molecule has 4 nitrogen and oxygen atoms in total. The number of benzene rings is 1. The summed E-state index contributed by atoms with van der Waals surface area (Å²) in [4.78, 5) is 16.3. The number of esters is 1. The Kier molecular flexibility index (Phi) is 5.03. The van der Waals surface area contributed by atoms with Crippen LogP contribution >= 0.6 is 11.6 Å². The number of nitrogens with zero attached hydrogens (tertiary/aromatic N) is 1. The van der Waals surface area contributed by atoms with Gasteiger partial charge in [0.25, 0.3) is 0 Å². The minimum Gasteiger partial charge on any atom is -0.496 e. The van der Waals surface area contributed by atoms with Gasteiger partial charge in [0, 0.05) is 10.6 Å². The summed E-state index contributed by atoms with van der Waals surface area (Å²) in [7, 11) is 1.60. The highest BCUT2D eigenvalue weighted by Gasteiger charge is 2.15. The van der Waals surface area contributed by atoms with E-state index in [-0.39, 0.29) is 5.97 Å². The van der Waals surface area contributed by atoms with Gasteiger partial charge < -0.3 is 9.47 Å². The molecule has 0 aliphatic rings. The first-order chi connectivity index (χ1) is 10.5. The number of rotatable bonds is 4. The van der Waals surface area contributed by atoms with E-state index >= 15 is 0 Å². The molecule has 1 aromatic heterocycles. The minimum absolute atomic E-state index is 0.335.